The van der Waals surface area contributed by atoms with Crippen molar-refractivity contribution in [1.29, 1.82) is 0 Å². The standard InChI is InChI=1S/C20H31N3O5S/c1-6-22(7-2)20(24)28-13-14-12-21-10-11-23(14)19(29)15-8-9-16(25-3)18(27-5)17(15)26-4/h8-9,14,21H,6-7,10-13H2,1-5H3. The molecule has 8 nitrogen and oxygen atoms in total. The average Bonchev–Trinajstić information content (AvgIpc) is 2.76. The Kier molecular flexibility index (Phi) is 8.78. The van der Waals surface area contributed by atoms with Gasteiger partial charge in [-0.05, 0) is 26.0 Å². The highest BCUT2D eigenvalue weighted by molar-refractivity contribution is 7.80. The number of hydrogen-bond donors (Lipinski definition) is 1. The van der Waals surface area contributed by atoms with Crippen LogP contribution in [0.25, 0.3) is 0 Å². The van der Waals surface area contributed by atoms with Crippen molar-refractivity contribution in [2.75, 3.05) is 60.7 Å². The van der Waals surface area contributed by atoms with Crippen LogP contribution in [-0.2, 0) is 4.74 Å². The lowest BCUT2D eigenvalue weighted by Crippen LogP contribution is -2.55. The van der Waals surface area contributed by atoms with Gasteiger partial charge >= 0.3 is 6.09 Å². The maximum Gasteiger partial charge on any atom is 0.409 e. The van der Waals surface area contributed by atoms with E-state index in [1.807, 2.05) is 19.9 Å². The van der Waals surface area contributed by atoms with Crippen molar-refractivity contribution >= 4 is 23.3 Å². The van der Waals surface area contributed by atoms with Gasteiger partial charge in [-0.15, -0.1) is 0 Å². The van der Waals surface area contributed by atoms with Gasteiger partial charge in [0.05, 0.1) is 32.9 Å². The summed E-state index contributed by atoms with van der Waals surface area (Å²) in [5.41, 5.74) is 0.738. The Bertz CT molecular complexity index is 712. The summed E-state index contributed by atoms with van der Waals surface area (Å²) in [5.74, 6) is 1.59. The van der Waals surface area contributed by atoms with Crippen LogP contribution in [0.2, 0.25) is 0 Å². The zero-order valence-electron chi connectivity index (χ0n) is 17.8. The molecule has 1 amide bonds. The summed E-state index contributed by atoms with van der Waals surface area (Å²) in [7, 11) is 4.71. The zero-order chi connectivity index (χ0) is 21.4. The van der Waals surface area contributed by atoms with Crippen molar-refractivity contribution < 1.29 is 23.7 Å². The van der Waals surface area contributed by atoms with Crippen molar-refractivity contribution in [1.82, 2.24) is 15.1 Å². The van der Waals surface area contributed by atoms with Crippen molar-refractivity contribution in [2.45, 2.75) is 19.9 Å². The topological polar surface area (TPSA) is 72.5 Å². The van der Waals surface area contributed by atoms with Gasteiger partial charge in [0, 0.05) is 32.7 Å². The Labute approximate surface area is 178 Å². The van der Waals surface area contributed by atoms with Crippen LogP contribution < -0.4 is 19.5 Å². The summed E-state index contributed by atoms with van der Waals surface area (Å²) in [6, 6.07) is 3.60. The number of ether oxygens (including phenoxy) is 4. The number of hydrogen-bond acceptors (Lipinski definition) is 7. The second-order valence-electron chi connectivity index (χ2n) is 6.49. The second-order valence-corrected chi connectivity index (χ2v) is 6.87. The number of rotatable bonds is 8. The number of carbonyl (C=O) groups excluding carboxylic acids is 1. The Morgan fingerprint density at radius 1 is 1.17 bits per heavy atom. The number of nitrogens with zero attached hydrogens (tertiary/aromatic N) is 2. The number of piperazine rings is 1. The molecule has 0 aliphatic carbocycles. The fourth-order valence-corrected chi connectivity index (χ4v) is 3.74. The van der Waals surface area contributed by atoms with Gasteiger partial charge in [0.25, 0.3) is 0 Å². The normalized spacial score (nSPS) is 16.2. The summed E-state index contributed by atoms with van der Waals surface area (Å²) < 4.78 is 22.0. The Hall–Kier alpha value is -2.26. The molecule has 0 bridgehead atoms. The van der Waals surface area contributed by atoms with Crippen LogP contribution in [-0.4, -0.2) is 87.6 Å². The van der Waals surface area contributed by atoms with Gasteiger partial charge in [-0.25, -0.2) is 4.79 Å². The SMILES string of the molecule is CCN(CC)C(=O)OCC1CNCCN1C(=S)c1ccc(OC)c(OC)c1OC. The Morgan fingerprint density at radius 3 is 2.45 bits per heavy atom. The highest BCUT2D eigenvalue weighted by atomic mass is 32.1. The first-order valence-electron chi connectivity index (χ1n) is 9.74. The van der Waals surface area contributed by atoms with E-state index in [9.17, 15) is 4.79 Å². The summed E-state index contributed by atoms with van der Waals surface area (Å²) >= 11 is 5.81. The van der Waals surface area contributed by atoms with E-state index in [-0.39, 0.29) is 18.7 Å². The predicted molar refractivity (Wildman–Crippen MR) is 115 cm³/mol. The molecule has 1 N–H and O–H groups in total. The highest BCUT2D eigenvalue weighted by Gasteiger charge is 2.29. The molecule has 0 spiro atoms. The summed E-state index contributed by atoms with van der Waals surface area (Å²) in [6.07, 6.45) is -0.310. The van der Waals surface area contributed by atoms with Crippen LogP contribution in [0.5, 0.6) is 17.2 Å². The van der Waals surface area contributed by atoms with Crippen LogP contribution in [0, 0.1) is 0 Å². The number of thiocarbonyl (C=S) groups is 1. The van der Waals surface area contributed by atoms with Gasteiger partial charge < -0.3 is 34.1 Å². The van der Waals surface area contributed by atoms with Crippen molar-refractivity contribution in [3.05, 3.63) is 17.7 Å². The average molecular weight is 426 g/mol. The third-order valence-electron chi connectivity index (χ3n) is 4.97. The zero-order valence-corrected chi connectivity index (χ0v) is 18.6. The van der Waals surface area contributed by atoms with Crippen LogP contribution in [0.1, 0.15) is 19.4 Å². The molecule has 0 radical (unpaired) electrons. The fraction of sp³-hybridized carbons (Fsp3) is 0.600. The molecule has 1 aromatic carbocycles. The smallest absolute Gasteiger partial charge is 0.409 e. The van der Waals surface area contributed by atoms with Gasteiger partial charge in [-0.2, -0.15) is 0 Å². The Balaban J connectivity index is 2.22. The first-order chi connectivity index (χ1) is 14.0. The quantitative estimate of drug-likeness (QED) is 0.635. The molecule has 1 heterocycles. The molecule has 1 saturated heterocycles. The monoisotopic (exact) mass is 425 g/mol. The van der Waals surface area contributed by atoms with Crippen LogP contribution in [0.3, 0.4) is 0 Å². The third-order valence-corrected chi connectivity index (χ3v) is 5.42. The number of carbonyl (C=O) groups is 1. The van der Waals surface area contributed by atoms with E-state index >= 15 is 0 Å². The maximum atomic E-state index is 12.2. The van der Waals surface area contributed by atoms with Crippen molar-refractivity contribution in [2.24, 2.45) is 0 Å². The van der Waals surface area contributed by atoms with Gasteiger partial charge in [0.1, 0.15) is 11.6 Å². The van der Waals surface area contributed by atoms with E-state index in [1.54, 1.807) is 32.3 Å². The van der Waals surface area contributed by atoms with Crippen LogP contribution in [0.4, 0.5) is 4.79 Å². The number of methoxy groups -OCH3 is 3. The lowest BCUT2D eigenvalue weighted by Gasteiger charge is -2.38. The molecule has 1 aromatic rings. The van der Waals surface area contributed by atoms with E-state index in [0.29, 0.717) is 48.4 Å². The first-order valence-corrected chi connectivity index (χ1v) is 10.1. The molecule has 162 valence electrons. The van der Waals surface area contributed by atoms with Crippen molar-refractivity contribution in [3.8, 4) is 17.2 Å². The molecular weight excluding hydrogens is 394 g/mol. The predicted octanol–water partition coefficient (Wildman–Crippen LogP) is 2.14. The fourth-order valence-electron chi connectivity index (χ4n) is 3.34. The second kappa shape index (κ2) is 11.1. The van der Waals surface area contributed by atoms with E-state index < -0.39 is 0 Å². The number of benzene rings is 1. The minimum Gasteiger partial charge on any atom is -0.493 e. The van der Waals surface area contributed by atoms with Gasteiger partial charge in [-0.1, -0.05) is 12.2 Å². The van der Waals surface area contributed by atoms with Crippen LogP contribution in [0.15, 0.2) is 12.1 Å². The molecule has 1 aliphatic rings. The lowest BCUT2D eigenvalue weighted by molar-refractivity contribution is 0.0782. The summed E-state index contributed by atoms with van der Waals surface area (Å²) in [4.78, 5) is 16.6. The Morgan fingerprint density at radius 2 is 1.86 bits per heavy atom. The largest absolute Gasteiger partial charge is 0.493 e. The maximum absolute atomic E-state index is 12.2. The minimum absolute atomic E-state index is 0.0754. The molecule has 29 heavy (non-hydrogen) atoms. The molecular formula is C20H31N3O5S. The number of nitrogens with one attached hydrogen (secondary N) is 1. The van der Waals surface area contributed by atoms with Gasteiger partial charge in [0.2, 0.25) is 5.75 Å². The van der Waals surface area contributed by atoms with E-state index in [1.165, 1.54) is 0 Å². The molecule has 1 atom stereocenters. The molecule has 0 aromatic heterocycles. The van der Waals surface area contributed by atoms with Crippen LogP contribution >= 0.6 is 12.2 Å². The third kappa shape index (κ3) is 5.22. The number of amides is 1. The molecule has 1 unspecified atom stereocenters. The minimum atomic E-state index is -0.310. The molecule has 2 rings (SSSR count). The molecule has 1 aliphatic heterocycles. The summed E-state index contributed by atoms with van der Waals surface area (Å²) in [6.45, 7) is 7.49. The molecule has 1 fully saturated rings. The highest BCUT2D eigenvalue weighted by Crippen LogP contribution is 2.40. The summed E-state index contributed by atoms with van der Waals surface area (Å²) in [5, 5.41) is 3.34. The first kappa shape index (κ1) is 23.0. The molecule has 0 saturated carbocycles. The van der Waals surface area contributed by atoms with Gasteiger partial charge in [-0.3, -0.25) is 0 Å². The van der Waals surface area contributed by atoms with E-state index in [0.717, 1.165) is 12.1 Å². The lowest BCUT2D eigenvalue weighted by atomic mass is 10.1. The van der Waals surface area contributed by atoms with E-state index in [4.69, 9.17) is 31.2 Å². The van der Waals surface area contributed by atoms with Gasteiger partial charge in [0.15, 0.2) is 11.5 Å². The van der Waals surface area contributed by atoms with E-state index in [2.05, 4.69) is 10.2 Å². The van der Waals surface area contributed by atoms with Crippen molar-refractivity contribution in [3.63, 3.8) is 0 Å². The molecule has 9 heteroatoms.